The van der Waals surface area contributed by atoms with Crippen LogP contribution in [0.1, 0.15) is 139 Å². The average molecular weight is 1960 g/mol. The van der Waals surface area contributed by atoms with Crippen LogP contribution in [0, 0.1) is 0 Å². The van der Waals surface area contributed by atoms with Crippen molar-refractivity contribution >= 4 is 140 Å². The monoisotopic (exact) mass is 1960 g/mol. The Hall–Kier alpha value is -13.6. The number of aliphatic hydroxyl groups excluding tert-OH is 3. The van der Waals surface area contributed by atoms with Crippen LogP contribution in [-0.2, 0) is 119 Å². The van der Waals surface area contributed by atoms with Gasteiger partial charge in [-0.2, -0.15) is 0 Å². The van der Waals surface area contributed by atoms with E-state index >= 15 is 38.4 Å². The molecular weight excluding hydrogens is 1830 g/mol. The number of rotatable bonds is 30. The van der Waals surface area contributed by atoms with E-state index in [9.17, 15) is 78.6 Å². The van der Waals surface area contributed by atoms with Crippen molar-refractivity contribution in [3.63, 3.8) is 0 Å². The van der Waals surface area contributed by atoms with E-state index in [2.05, 4.69) is 68.1 Å². The molecule has 6 aromatic rings. The summed E-state index contributed by atoms with van der Waals surface area (Å²) in [6.07, 6.45) is -0.285. The molecule has 3 aliphatic heterocycles. The number of likely N-dealkylation sites (N-methyl/N-ethyl adjacent to an activating group) is 3. The predicted molar refractivity (Wildman–Crippen MR) is 503 cm³/mol. The molecule has 756 valence electrons. The van der Waals surface area contributed by atoms with Gasteiger partial charge in [-0.15, -0.1) is 11.8 Å². The zero-order chi connectivity index (χ0) is 102. The molecule has 9 rings (SSSR count). The van der Waals surface area contributed by atoms with Gasteiger partial charge < -0.3 is 135 Å². The van der Waals surface area contributed by atoms with Crippen molar-refractivity contribution < 1.29 is 117 Å². The zero-order valence-electron chi connectivity index (χ0n) is 78.4. The Morgan fingerprint density at radius 2 is 1.14 bits per heavy atom. The second-order valence-electron chi connectivity index (χ2n) is 35.1. The van der Waals surface area contributed by atoms with Crippen LogP contribution >= 0.6 is 11.8 Å². The first-order valence-corrected chi connectivity index (χ1v) is 47.4. The molecule has 0 radical (unpaired) electrons. The van der Waals surface area contributed by atoms with Crippen molar-refractivity contribution in [3.05, 3.63) is 120 Å². The molecule has 139 heavy (non-hydrogen) atoms. The van der Waals surface area contributed by atoms with E-state index in [-0.39, 0.29) is 81.7 Å². The normalized spacial score (nSPS) is 24.6. The minimum atomic E-state index is -2.01. The number of aliphatic carboxylic acids is 2. The van der Waals surface area contributed by atoms with Gasteiger partial charge in [0, 0.05) is 125 Å². The van der Waals surface area contributed by atoms with Gasteiger partial charge in [-0.1, -0.05) is 88.1 Å². The third-order valence-electron chi connectivity index (χ3n) is 24.9. The van der Waals surface area contributed by atoms with Crippen LogP contribution in [0.25, 0.3) is 21.8 Å². The molecule has 0 bridgehead atoms. The number of fused-ring (bicyclic) bond motifs is 4. The fourth-order valence-electron chi connectivity index (χ4n) is 17.1. The highest BCUT2D eigenvalue weighted by Crippen LogP contribution is 2.29. The van der Waals surface area contributed by atoms with Crippen LogP contribution < -0.4 is 70.4 Å². The summed E-state index contributed by atoms with van der Waals surface area (Å²) < 4.78 is 1.40. The van der Waals surface area contributed by atoms with E-state index < -0.39 is 280 Å². The summed E-state index contributed by atoms with van der Waals surface area (Å²) in [5.41, 5.74) is 19.4. The van der Waals surface area contributed by atoms with Crippen molar-refractivity contribution in [2.24, 2.45) is 17.2 Å². The number of carboxylic acid groups (broad SMARTS) is 2. The first-order chi connectivity index (χ1) is 66.2. The predicted octanol–water partition coefficient (Wildman–Crippen LogP) is -3.89. The smallest absolute Gasteiger partial charge is 0.323 e. The third-order valence-corrected chi connectivity index (χ3v) is 25.9. The van der Waals surface area contributed by atoms with E-state index in [0.717, 1.165) is 36.3 Å². The summed E-state index contributed by atoms with van der Waals surface area (Å²) in [5, 5.41) is 92.0. The maximum absolute atomic E-state index is 15.9. The highest BCUT2D eigenvalue weighted by molar-refractivity contribution is 8.00. The number of hydrogen-bond donors (Lipinski definition) is 21. The lowest BCUT2D eigenvalue weighted by molar-refractivity contribution is -0.149. The van der Waals surface area contributed by atoms with Crippen molar-refractivity contribution in [2.45, 2.75) is 246 Å². The number of phenols is 1. The molecule has 1 unspecified atom stereocenters. The number of imidazole rings is 1. The number of nitrogens with one attached hydrogen (secondary N) is 12. The third kappa shape index (κ3) is 30.4. The first kappa shape index (κ1) is 109. The van der Waals surface area contributed by atoms with Crippen LogP contribution in [0.15, 0.2) is 97.7 Å². The molecule has 0 saturated carbocycles. The number of amides is 16. The quantitative estimate of drug-likeness (QED) is 0.0151. The van der Waals surface area contributed by atoms with Gasteiger partial charge in [-0.25, -0.2) is 4.98 Å². The van der Waals surface area contributed by atoms with Gasteiger partial charge in [0.1, 0.15) is 97.1 Å². The maximum atomic E-state index is 15.9. The van der Waals surface area contributed by atoms with Crippen molar-refractivity contribution in [2.75, 3.05) is 65.4 Å². The van der Waals surface area contributed by atoms with E-state index in [4.69, 9.17) is 17.2 Å². The Morgan fingerprint density at radius 1 is 0.561 bits per heavy atom. The van der Waals surface area contributed by atoms with Crippen LogP contribution in [0.2, 0.25) is 0 Å². The van der Waals surface area contributed by atoms with Gasteiger partial charge in [0.2, 0.25) is 94.5 Å². The lowest BCUT2D eigenvalue weighted by Crippen LogP contribution is -2.62. The summed E-state index contributed by atoms with van der Waals surface area (Å²) >= 11 is 0.816. The minimum Gasteiger partial charge on any atom is -0.508 e. The van der Waals surface area contributed by atoms with Crippen LogP contribution in [-0.4, -0.2) is 343 Å². The molecule has 0 aliphatic carbocycles. The molecule has 16 amide bonds. The number of thioether (sulfide) groups is 1. The Balaban J connectivity index is 1.12. The molecular formula is C92H128N22O24S. The lowest BCUT2D eigenvalue weighted by atomic mass is 10.00. The number of aromatic amines is 2. The maximum Gasteiger partial charge on any atom is 0.323 e. The number of carbonyl (C=O) groups is 18. The largest absolute Gasteiger partial charge is 0.508 e. The van der Waals surface area contributed by atoms with Gasteiger partial charge in [-0.05, 0) is 106 Å². The Morgan fingerprint density at radius 3 is 1.79 bits per heavy atom. The fraction of sp³-hybridized carbons (Fsp3) is 0.533. The lowest BCUT2D eigenvalue weighted by Gasteiger charge is -2.36. The zero-order valence-corrected chi connectivity index (χ0v) is 79.2. The molecule has 3 saturated heterocycles. The number of benzene rings is 3. The van der Waals surface area contributed by atoms with E-state index in [1.807, 2.05) is 13.8 Å². The molecule has 3 fully saturated rings. The van der Waals surface area contributed by atoms with Gasteiger partial charge in [0.25, 0.3) is 0 Å². The SMILES string of the molecule is CCCC[C@H]1C(=O)N(C)[C@@H](CCCC)C(=O)N[C@@H](CCCCN)C(=O)N[C@H](C(O)NCC(N)=O)CSCC(=O)N[C@@H](Cc2ccc(O)cc2)C(=O)N(C)[C@@H](C)C(=O)N[C@@H](CC(N)=O)C(=O)N2CCC[C@H]2C(=O)N[C@@H](Cc2cnc[nH]2)C(=O)N[C@@H](CCC(=O)O)C(=O)N2C[C@H](O)C[C@H]2C(=O)N[C@@H](Cc2c[nH]c3ccccc23)C(=O)N[C@@H](CO)C(=O)N[C@@H](Cc2cn(CC(=O)O)c3ccccc23)C(=O)N1C. The highest BCUT2D eigenvalue weighted by Gasteiger charge is 2.47. The number of aromatic hydroxyl groups is 1. The molecule has 16 atom stereocenters. The van der Waals surface area contributed by atoms with Crippen LogP contribution in [0.5, 0.6) is 5.75 Å². The number of unbranched alkanes of at least 4 members (excludes halogenated alkanes) is 3. The van der Waals surface area contributed by atoms with Gasteiger partial charge in [0.05, 0.1) is 43.8 Å². The average Bonchev–Trinajstić information content (AvgIpc) is 1.65. The topological polar surface area (TPSA) is 693 Å². The number of aromatic nitrogens is 4. The molecule has 3 aromatic heterocycles. The standard InChI is InChI=1S/C92H128N22O24S/c1-7-9-22-70-85(131)101-60(21-15-16-32-93)81(127)108-68(80(126)98-42-75(95)119)47-139-48-76(120)100-64(34-51-26-28-55(116)29-27-51)88(134)109(4)50(3)79(125)105-66(39-74(94)118)91(137)113-33-17-25-71(113)86(132)104-63(37-54-41-96-49-99-54)83(129)102-61(30-31-77(121)122)90(136)114-44-56(117)38-73(114)87(133)103-62(35-52-40-97-59-20-13-11-18-57(52)59)82(128)107-67(46-115)84(130)106-65(89(135)111(6)72(23-10-8-2)92(138)110(70)5)36-53-43-112(45-78(123)124)69-24-14-12-19-58(53)69/h11-14,18-20,24,26-29,40-41,43,49-50,56,60-68,70-73,80,97-98,115-117,126H,7-10,15-17,21-23,25,30-39,42,44-48,93H2,1-6H3,(H2,94,118)(H2,95,119)(H,96,99)(H,100,120)(H,101,131)(H,102,129)(H,103,133)(H,104,132)(H,105,125)(H,106,130)(H,107,128)(H,108,127)(H,121,122)(H,123,124)/t50-,56+,60-,61-,62-,63-,64-,65-,66-,67-,68-,70-,71-,72-,73-,80?/m0/s1. The molecule has 24 N–H and O–H groups in total. The van der Waals surface area contributed by atoms with Crippen molar-refractivity contribution in [1.29, 1.82) is 0 Å². The van der Waals surface area contributed by atoms with E-state index in [1.165, 1.54) is 81.8 Å². The number of primary amides is 2. The van der Waals surface area contributed by atoms with Crippen LogP contribution in [0.4, 0.5) is 0 Å². The number of nitrogens with zero attached hydrogens (tertiary/aromatic N) is 7. The number of carbonyl (C=O) groups excluding carboxylic acids is 16. The number of nitrogens with two attached hydrogens (primary N) is 3. The molecule has 46 nitrogen and oxygen atoms in total. The summed E-state index contributed by atoms with van der Waals surface area (Å²) in [5.74, 6) is -19.8. The summed E-state index contributed by atoms with van der Waals surface area (Å²) in [6, 6.07) is -4.04. The molecule has 0 spiro atoms. The van der Waals surface area contributed by atoms with Gasteiger partial charge in [-0.3, -0.25) is 91.6 Å². The van der Waals surface area contributed by atoms with Gasteiger partial charge in [0.15, 0.2) is 0 Å². The number of aliphatic hydroxyl groups is 3. The number of hydrogen-bond acceptors (Lipinski definition) is 26. The van der Waals surface area contributed by atoms with Gasteiger partial charge >= 0.3 is 11.9 Å². The Labute approximate surface area is 805 Å². The molecule has 3 aromatic carbocycles. The van der Waals surface area contributed by atoms with E-state index in [1.54, 1.807) is 48.5 Å². The molecule has 6 heterocycles. The number of H-pyrrole nitrogens is 2. The van der Waals surface area contributed by atoms with E-state index in [0.29, 0.717) is 64.2 Å². The fourth-order valence-corrected chi connectivity index (χ4v) is 18.1. The molecule has 47 heteroatoms. The summed E-state index contributed by atoms with van der Waals surface area (Å²) in [7, 11) is 3.81. The minimum absolute atomic E-state index is 0.0274. The Bertz CT molecular complexity index is 5350. The Kier molecular flexibility index (Phi) is 41.0. The second-order valence-corrected chi connectivity index (χ2v) is 36.1. The molecule has 3 aliphatic rings. The number of phenolic OH excluding ortho intramolecular Hbond substituents is 1. The summed E-state index contributed by atoms with van der Waals surface area (Å²) in [6.45, 7) is 1.83. The van der Waals surface area contributed by atoms with Crippen molar-refractivity contribution in [3.8, 4) is 5.75 Å². The van der Waals surface area contributed by atoms with Crippen molar-refractivity contribution in [1.82, 2.24) is 97.2 Å². The number of para-hydroxylation sites is 2. The second kappa shape index (κ2) is 52.2. The van der Waals surface area contributed by atoms with Crippen LogP contribution in [0.3, 0.4) is 0 Å². The first-order valence-electron chi connectivity index (χ1n) is 46.2. The highest BCUT2D eigenvalue weighted by atomic mass is 32.2. The number of carboxylic acids is 2. The summed E-state index contributed by atoms with van der Waals surface area (Å²) in [4.78, 5) is 277.